The van der Waals surface area contributed by atoms with Crippen LogP contribution in [0.15, 0.2) is 30.5 Å². The molecule has 0 spiro atoms. The summed E-state index contributed by atoms with van der Waals surface area (Å²) in [5, 5.41) is 16.0. The third-order valence-corrected chi connectivity index (χ3v) is 8.35. The first-order valence-electron chi connectivity index (χ1n) is 14.9. The second-order valence-corrected chi connectivity index (χ2v) is 12.5. The van der Waals surface area contributed by atoms with E-state index in [4.69, 9.17) is 9.72 Å². The SMILES string of the molecule is CC(C)(C)OC(=O)N[C@@H]1CCCN(c2cnc(C#N)c(Nc3ccc(C4CCN(C5CCCC5)CC4)cc3)n2)C1. The summed E-state index contributed by atoms with van der Waals surface area (Å²) in [6, 6.07) is 11.5. The predicted octanol–water partition coefficient (Wildman–Crippen LogP) is 5.71. The molecule has 2 aliphatic heterocycles. The van der Waals surface area contributed by atoms with Crippen LogP contribution in [-0.4, -0.2) is 64.8 Å². The highest BCUT2D eigenvalue weighted by Gasteiger charge is 2.28. The lowest BCUT2D eigenvalue weighted by atomic mass is 9.88. The lowest BCUT2D eigenvalue weighted by Gasteiger charge is -2.36. The molecule has 3 aliphatic rings. The molecule has 9 nitrogen and oxygen atoms in total. The summed E-state index contributed by atoms with van der Waals surface area (Å²) < 4.78 is 5.43. The molecule has 2 N–H and O–H groups in total. The number of hydrogen-bond donors (Lipinski definition) is 2. The summed E-state index contributed by atoms with van der Waals surface area (Å²) in [5.74, 6) is 1.73. The number of hydrogen-bond acceptors (Lipinski definition) is 8. The number of carbonyl (C=O) groups is 1. The van der Waals surface area contributed by atoms with E-state index in [1.807, 2.05) is 20.8 Å². The molecule has 1 amide bonds. The molecule has 3 fully saturated rings. The van der Waals surface area contributed by atoms with Gasteiger partial charge in [-0.15, -0.1) is 0 Å². The Bertz CT molecular complexity index is 1190. The van der Waals surface area contributed by atoms with E-state index < -0.39 is 11.7 Å². The van der Waals surface area contributed by atoms with E-state index in [0.29, 0.717) is 24.1 Å². The number of nitrogens with zero attached hydrogens (tertiary/aromatic N) is 5. The minimum Gasteiger partial charge on any atom is -0.444 e. The Labute approximate surface area is 238 Å². The lowest BCUT2D eigenvalue weighted by Crippen LogP contribution is -2.49. The van der Waals surface area contributed by atoms with Gasteiger partial charge in [-0.3, -0.25) is 0 Å². The van der Waals surface area contributed by atoms with Gasteiger partial charge in [-0.2, -0.15) is 5.26 Å². The van der Waals surface area contributed by atoms with E-state index in [9.17, 15) is 10.1 Å². The minimum absolute atomic E-state index is 0.0463. The summed E-state index contributed by atoms with van der Waals surface area (Å²) in [5.41, 5.74) is 1.99. The second kappa shape index (κ2) is 12.4. The number of nitriles is 1. The lowest BCUT2D eigenvalue weighted by molar-refractivity contribution is 0.0500. The molecule has 1 aliphatic carbocycles. The van der Waals surface area contributed by atoms with Crippen LogP contribution in [-0.2, 0) is 4.74 Å². The van der Waals surface area contributed by atoms with Gasteiger partial charge >= 0.3 is 6.09 Å². The molecule has 0 bridgehead atoms. The maximum Gasteiger partial charge on any atom is 0.407 e. The number of nitrogens with one attached hydrogen (secondary N) is 2. The zero-order valence-electron chi connectivity index (χ0n) is 24.2. The molecule has 3 heterocycles. The van der Waals surface area contributed by atoms with Crippen LogP contribution in [0.2, 0.25) is 0 Å². The summed E-state index contributed by atoms with van der Waals surface area (Å²) in [6.45, 7) is 9.38. The number of aromatic nitrogens is 2. The van der Waals surface area contributed by atoms with Gasteiger partial charge < -0.3 is 25.2 Å². The topological polar surface area (TPSA) is 106 Å². The van der Waals surface area contributed by atoms with Gasteiger partial charge in [0.15, 0.2) is 11.5 Å². The Morgan fingerprint density at radius 2 is 1.75 bits per heavy atom. The molecule has 9 heteroatoms. The molecule has 1 aromatic carbocycles. The average Bonchev–Trinajstić information content (AvgIpc) is 3.48. The smallest absolute Gasteiger partial charge is 0.407 e. The molecule has 0 radical (unpaired) electrons. The summed E-state index contributed by atoms with van der Waals surface area (Å²) in [4.78, 5) is 26.3. The second-order valence-electron chi connectivity index (χ2n) is 12.5. The summed E-state index contributed by atoms with van der Waals surface area (Å²) in [6.07, 6.45) is 11.0. The molecule has 2 aromatic rings. The number of alkyl carbamates (subject to hydrolysis) is 1. The van der Waals surface area contributed by atoms with Gasteiger partial charge in [0.1, 0.15) is 17.5 Å². The van der Waals surface area contributed by atoms with E-state index in [1.165, 1.54) is 57.2 Å². The highest BCUT2D eigenvalue weighted by Crippen LogP contribution is 2.33. The van der Waals surface area contributed by atoms with E-state index >= 15 is 0 Å². The van der Waals surface area contributed by atoms with Crippen molar-refractivity contribution in [2.75, 3.05) is 36.4 Å². The molecule has 5 rings (SSSR count). The maximum absolute atomic E-state index is 12.3. The van der Waals surface area contributed by atoms with E-state index in [2.05, 4.69) is 55.8 Å². The van der Waals surface area contributed by atoms with Gasteiger partial charge in [0, 0.05) is 30.9 Å². The predicted molar refractivity (Wildman–Crippen MR) is 157 cm³/mol. The van der Waals surface area contributed by atoms with Gasteiger partial charge in [-0.05, 0) is 96.0 Å². The third kappa shape index (κ3) is 7.22. The molecule has 214 valence electrons. The van der Waals surface area contributed by atoms with Crippen LogP contribution in [0, 0.1) is 11.3 Å². The fourth-order valence-corrected chi connectivity index (χ4v) is 6.32. The fraction of sp³-hybridized carbons (Fsp3) is 0.613. The quantitative estimate of drug-likeness (QED) is 0.476. The van der Waals surface area contributed by atoms with Gasteiger partial charge in [0.2, 0.25) is 0 Å². The number of amides is 1. The van der Waals surface area contributed by atoms with Crippen molar-refractivity contribution in [2.24, 2.45) is 0 Å². The van der Waals surface area contributed by atoms with Crippen LogP contribution < -0.4 is 15.5 Å². The molecule has 2 saturated heterocycles. The van der Waals surface area contributed by atoms with Gasteiger partial charge in [-0.25, -0.2) is 14.8 Å². The fourth-order valence-electron chi connectivity index (χ4n) is 6.32. The zero-order valence-corrected chi connectivity index (χ0v) is 24.2. The Morgan fingerprint density at radius 1 is 1.02 bits per heavy atom. The number of anilines is 3. The van der Waals surface area contributed by atoms with Crippen molar-refractivity contribution in [3.05, 3.63) is 41.7 Å². The van der Waals surface area contributed by atoms with Crippen molar-refractivity contribution >= 4 is 23.4 Å². The van der Waals surface area contributed by atoms with Crippen molar-refractivity contribution in [3.8, 4) is 6.07 Å². The Balaban J connectivity index is 1.20. The average molecular weight is 546 g/mol. The van der Waals surface area contributed by atoms with Gasteiger partial charge in [0.25, 0.3) is 0 Å². The third-order valence-electron chi connectivity index (χ3n) is 8.35. The Kier molecular flexibility index (Phi) is 8.75. The van der Waals surface area contributed by atoms with Crippen LogP contribution in [0.5, 0.6) is 0 Å². The van der Waals surface area contributed by atoms with Crippen LogP contribution in [0.4, 0.5) is 22.1 Å². The van der Waals surface area contributed by atoms with Crippen molar-refractivity contribution in [1.29, 1.82) is 5.26 Å². The Hall–Kier alpha value is -3.38. The van der Waals surface area contributed by atoms with Crippen molar-refractivity contribution in [1.82, 2.24) is 20.2 Å². The molecular formula is C31H43N7O2. The van der Waals surface area contributed by atoms with Crippen LogP contribution in [0.3, 0.4) is 0 Å². The van der Waals surface area contributed by atoms with Crippen molar-refractivity contribution in [3.63, 3.8) is 0 Å². The number of benzene rings is 1. The van der Waals surface area contributed by atoms with Crippen LogP contribution in [0.1, 0.15) is 89.3 Å². The van der Waals surface area contributed by atoms with Crippen molar-refractivity contribution in [2.45, 2.75) is 95.7 Å². The first kappa shape index (κ1) is 28.2. The van der Waals surface area contributed by atoms with E-state index in [1.54, 1.807) is 6.20 Å². The molecule has 0 unspecified atom stereocenters. The zero-order chi connectivity index (χ0) is 28.1. The number of carbonyl (C=O) groups excluding carboxylic acids is 1. The first-order chi connectivity index (χ1) is 19.3. The monoisotopic (exact) mass is 545 g/mol. The molecular weight excluding hydrogens is 502 g/mol. The molecule has 1 aromatic heterocycles. The van der Waals surface area contributed by atoms with E-state index in [-0.39, 0.29) is 11.7 Å². The number of ether oxygens (including phenoxy) is 1. The molecule has 40 heavy (non-hydrogen) atoms. The van der Waals surface area contributed by atoms with Gasteiger partial charge in [0.05, 0.1) is 6.20 Å². The molecule has 1 saturated carbocycles. The van der Waals surface area contributed by atoms with Crippen molar-refractivity contribution < 1.29 is 9.53 Å². The summed E-state index contributed by atoms with van der Waals surface area (Å²) >= 11 is 0. The standard InChI is InChI=1S/C31H43N7O2/c1-31(2,3)40-30(39)35-25-7-6-16-38(21-25)28-20-33-27(19-32)29(36-28)34-24-12-10-22(11-13-24)23-14-17-37(18-15-23)26-8-4-5-9-26/h10-13,20,23,25-26H,4-9,14-18,21H2,1-3H3,(H,34,36)(H,35,39)/t25-/m1/s1. The number of rotatable bonds is 6. The highest BCUT2D eigenvalue weighted by atomic mass is 16.6. The normalized spacial score (nSPS) is 21.1. The minimum atomic E-state index is -0.539. The Morgan fingerprint density at radius 3 is 2.42 bits per heavy atom. The first-order valence-corrected chi connectivity index (χ1v) is 14.9. The highest BCUT2D eigenvalue weighted by molar-refractivity contribution is 5.68. The maximum atomic E-state index is 12.3. The van der Waals surface area contributed by atoms with Gasteiger partial charge in [-0.1, -0.05) is 25.0 Å². The number of piperidine rings is 2. The number of likely N-dealkylation sites (tertiary alicyclic amines) is 1. The van der Waals surface area contributed by atoms with Crippen LogP contribution >= 0.6 is 0 Å². The van der Waals surface area contributed by atoms with E-state index in [0.717, 1.165) is 31.1 Å². The molecule has 1 atom stereocenters. The largest absolute Gasteiger partial charge is 0.444 e. The summed E-state index contributed by atoms with van der Waals surface area (Å²) in [7, 11) is 0. The van der Waals surface area contributed by atoms with Crippen LogP contribution in [0.25, 0.3) is 0 Å².